The molecule has 0 atom stereocenters. The highest BCUT2D eigenvalue weighted by atomic mass is 32.1. The SMILES string of the molecule is Cc1nc(COc2cccc(CNCC(C)C)c2)cs1. The van der Waals surface area contributed by atoms with Gasteiger partial charge in [-0.25, -0.2) is 4.98 Å². The van der Waals surface area contributed by atoms with Crippen LogP contribution >= 0.6 is 11.3 Å². The van der Waals surface area contributed by atoms with Gasteiger partial charge in [0.15, 0.2) is 0 Å². The van der Waals surface area contributed by atoms with Gasteiger partial charge < -0.3 is 10.1 Å². The molecule has 0 saturated carbocycles. The van der Waals surface area contributed by atoms with Crippen LogP contribution in [-0.4, -0.2) is 11.5 Å². The van der Waals surface area contributed by atoms with E-state index in [0.29, 0.717) is 12.5 Å². The monoisotopic (exact) mass is 290 g/mol. The second-order valence-corrected chi connectivity index (χ2v) is 6.38. The molecule has 4 heteroatoms. The van der Waals surface area contributed by atoms with E-state index in [1.165, 1.54) is 5.56 Å². The zero-order valence-electron chi connectivity index (χ0n) is 12.3. The van der Waals surface area contributed by atoms with Gasteiger partial charge in [-0.2, -0.15) is 0 Å². The molecule has 0 fully saturated rings. The number of aryl methyl sites for hydroxylation is 1. The predicted molar refractivity (Wildman–Crippen MR) is 84.2 cm³/mol. The summed E-state index contributed by atoms with van der Waals surface area (Å²) in [5.41, 5.74) is 2.24. The maximum absolute atomic E-state index is 5.79. The minimum absolute atomic E-state index is 0.535. The lowest BCUT2D eigenvalue weighted by molar-refractivity contribution is 0.301. The zero-order valence-corrected chi connectivity index (χ0v) is 13.2. The standard InChI is InChI=1S/C16H22N2OS/c1-12(2)8-17-9-14-5-4-6-16(7-14)19-10-15-11-20-13(3)18-15/h4-7,11-12,17H,8-10H2,1-3H3. The number of ether oxygens (including phenoxy) is 1. The highest BCUT2D eigenvalue weighted by Crippen LogP contribution is 2.16. The number of hydrogen-bond acceptors (Lipinski definition) is 4. The average Bonchev–Trinajstić information content (AvgIpc) is 2.82. The van der Waals surface area contributed by atoms with Crippen molar-refractivity contribution < 1.29 is 4.74 Å². The first-order valence-corrected chi connectivity index (χ1v) is 7.85. The Kier molecular flexibility index (Phi) is 5.56. The lowest BCUT2D eigenvalue weighted by Crippen LogP contribution is -2.18. The first-order chi connectivity index (χ1) is 9.63. The normalized spacial score (nSPS) is 11.0. The minimum Gasteiger partial charge on any atom is -0.487 e. The highest BCUT2D eigenvalue weighted by molar-refractivity contribution is 7.09. The molecule has 0 saturated heterocycles. The van der Waals surface area contributed by atoms with Crippen molar-refractivity contribution in [3.63, 3.8) is 0 Å². The summed E-state index contributed by atoms with van der Waals surface area (Å²) in [7, 11) is 0. The van der Waals surface area contributed by atoms with Crippen LogP contribution in [0.3, 0.4) is 0 Å². The molecule has 0 aliphatic carbocycles. The number of aromatic nitrogens is 1. The Morgan fingerprint density at radius 2 is 2.20 bits per heavy atom. The third-order valence-electron chi connectivity index (χ3n) is 2.83. The molecule has 0 amide bonds. The highest BCUT2D eigenvalue weighted by Gasteiger charge is 2.01. The second kappa shape index (κ2) is 7.41. The third-order valence-corrected chi connectivity index (χ3v) is 3.66. The minimum atomic E-state index is 0.535. The lowest BCUT2D eigenvalue weighted by atomic mass is 10.2. The molecule has 1 aromatic heterocycles. The molecule has 3 nitrogen and oxygen atoms in total. The average molecular weight is 290 g/mol. The number of benzene rings is 1. The van der Waals surface area contributed by atoms with Crippen molar-refractivity contribution in [3.05, 3.63) is 45.9 Å². The second-order valence-electron chi connectivity index (χ2n) is 5.32. The fraction of sp³-hybridized carbons (Fsp3) is 0.438. The molecule has 0 aliphatic heterocycles. The Labute approximate surface area is 125 Å². The van der Waals surface area contributed by atoms with Crippen molar-refractivity contribution >= 4 is 11.3 Å². The van der Waals surface area contributed by atoms with Crippen LogP contribution in [0.15, 0.2) is 29.6 Å². The van der Waals surface area contributed by atoms with Crippen molar-refractivity contribution in [2.24, 2.45) is 5.92 Å². The van der Waals surface area contributed by atoms with Crippen molar-refractivity contribution in [2.45, 2.75) is 33.9 Å². The Morgan fingerprint density at radius 3 is 2.90 bits per heavy atom. The summed E-state index contributed by atoms with van der Waals surface area (Å²) in [6.07, 6.45) is 0. The number of rotatable bonds is 7. The van der Waals surface area contributed by atoms with Crippen LogP contribution in [0.4, 0.5) is 0 Å². The fourth-order valence-corrected chi connectivity index (χ4v) is 2.48. The van der Waals surface area contributed by atoms with E-state index in [2.05, 4.69) is 36.3 Å². The number of thiazole rings is 1. The van der Waals surface area contributed by atoms with Crippen LogP contribution in [0, 0.1) is 12.8 Å². The van der Waals surface area contributed by atoms with Gasteiger partial charge in [0.05, 0.1) is 10.7 Å². The summed E-state index contributed by atoms with van der Waals surface area (Å²) >= 11 is 1.66. The molecule has 1 N–H and O–H groups in total. The van der Waals surface area contributed by atoms with E-state index in [-0.39, 0.29) is 0 Å². The van der Waals surface area contributed by atoms with Crippen molar-refractivity contribution in [1.29, 1.82) is 0 Å². The molecule has 1 aromatic carbocycles. The molecule has 1 heterocycles. The van der Waals surface area contributed by atoms with E-state index in [1.807, 2.05) is 24.4 Å². The molecule has 2 rings (SSSR count). The topological polar surface area (TPSA) is 34.1 Å². The smallest absolute Gasteiger partial charge is 0.131 e. The number of hydrogen-bond donors (Lipinski definition) is 1. The van der Waals surface area contributed by atoms with E-state index in [1.54, 1.807) is 11.3 Å². The van der Waals surface area contributed by atoms with Gasteiger partial charge in [-0.15, -0.1) is 11.3 Å². The Bertz CT molecular complexity index is 537. The van der Waals surface area contributed by atoms with Crippen molar-refractivity contribution in [2.75, 3.05) is 6.54 Å². The molecular formula is C16H22N2OS. The van der Waals surface area contributed by atoms with Gasteiger partial charge >= 0.3 is 0 Å². The van der Waals surface area contributed by atoms with Gasteiger partial charge in [-0.1, -0.05) is 26.0 Å². The summed E-state index contributed by atoms with van der Waals surface area (Å²) in [6.45, 7) is 8.88. The summed E-state index contributed by atoms with van der Waals surface area (Å²) in [6, 6.07) is 8.24. The Balaban J connectivity index is 1.85. The summed E-state index contributed by atoms with van der Waals surface area (Å²) < 4.78 is 5.79. The largest absolute Gasteiger partial charge is 0.487 e. The molecule has 0 radical (unpaired) electrons. The van der Waals surface area contributed by atoms with Gasteiger partial charge in [-0.3, -0.25) is 0 Å². The van der Waals surface area contributed by atoms with Crippen LogP contribution in [0.25, 0.3) is 0 Å². The van der Waals surface area contributed by atoms with Gasteiger partial charge in [-0.05, 0) is 37.1 Å². The third kappa shape index (κ3) is 4.94. The molecule has 0 aliphatic rings. The summed E-state index contributed by atoms with van der Waals surface area (Å²) in [5.74, 6) is 1.57. The predicted octanol–water partition coefficient (Wildman–Crippen LogP) is 3.78. The van der Waals surface area contributed by atoms with E-state index < -0.39 is 0 Å². The van der Waals surface area contributed by atoms with Gasteiger partial charge in [0.1, 0.15) is 12.4 Å². The van der Waals surface area contributed by atoms with E-state index in [9.17, 15) is 0 Å². The lowest BCUT2D eigenvalue weighted by Gasteiger charge is -2.09. The molecule has 0 bridgehead atoms. The fourth-order valence-electron chi connectivity index (χ4n) is 1.88. The Morgan fingerprint density at radius 1 is 1.35 bits per heavy atom. The quantitative estimate of drug-likeness (QED) is 0.842. The maximum Gasteiger partial charge on any atom is 0.131 e. The Hall–Kier alpha value is -1.39. The van der Waals surface area contributed by atoms with Crippen LogP contribution in [0.5, 0.6) is 5.75 Å². The zero-order chi connectivity index (χ0) is 14.4. The molecule has 0 unspecified atom stereocenters. The molecule has 2 aromatic rings. The van der Waals surface area contributed by atoms with Crippen LogP contribution in [0.2, 0.25) is 0 Å². The van der Waals surface area contributed by atoms with Gasteiger partial charge in [0.2, 0.25) is 0 Å². The summed E-state index contributed by atoms with van der Waals surface area (Å²) in [5, 5.41) is 6.56. The number of nitrogens with one attached hydrogen (secondary N) is 1. The molecular weight excluding hydrogens is 268 g/mol. The molecule has 0 spiro atoms. The van der Waals surface area contributed by atoms with Gasteiger partial charge in [0, 0.05) is 11.9 Å². The summed E-state index contributed by atoms with van der Waals surface area (Å²) in [4.78, 5) is 4.40. The number of nitrogens with zero attached hydrogens (tertiary/aromatic N) is 1. The van der Waals surface area contributed by atoms with Gasteiger partial charge in [0.25, 0.3) is 0 Å². The van der Waals surface area contributed by atoms with E-state index in [0.717, 1.165) is 29.5 Å². The van der Waals surface area contributed by atoms with Crippen molar-refractivity contribution in [1.82, 2.24) is 10.3 Å². The van der Waals surface area contributed by atoms with Crippen LogP contribution in [0.1, 0.15) is 30.1 Å². The van der Waals surface area contributed by atoms with Crippen LogP contribution in [-0.2, 0) is 13.2 Å². The first-order valence-electron chi connectivity index (χ1n) is 6.97. The molecule has 20 heavy (non-hydrogen) atoms. The van der Waals surface area contributed by atoms with Crippen molar-refractivity contribution in [3.8, 4) is 5.75 Å². The van der Waals surface area contributed by atoms with E-state index in [4.69, 9.17) is 4.74 Å². The maximum atomic E-state index is 5.79. The van der Waals surface area contributed by atoms with Crippen LogP contribution < -0.4 is 10.1 Å². The first kappa shape index (κ1) is 15.0. The van der Waals surface area contributed by atoms with E-state index >= 15 is 0 Å². The molecule has 108 valence electrons.